The Morgan fingerprint density at radius 1 is 1.33 bits per heavy atom. The molecule has 0 bridgehead atoms. The molecular formula is C11H7BrF3NO2. The van der Waals surface area contributed by atoms with Gasteiger partial charge < -0.3 is 9.72 Å². The third kappa shape index (κ3) is 2.50. The zero-order valence-corrected chi connectivity index (χ0v) is 10.6. The molecule has 3 nitrogen and oxygen atoms in total. The maximum Gasteiger partial charge on any atom is 0.573 e. The lowest BCUT2D eigenvalue weighted by molar-refractivity contribution is -0.274. The molecule has 96 valence electrons. The number of aromatic nitrogens is 1. The maximum absolute atomic E-state index is 12.1. The zero-order valence-electron chi connectivity index (χ0n) is 9.06. The molecule has 0 saturated heterocycles. The first-order chi connectivity index (χ1) is 8.28. The van der Waals surface area contributed by atoms with Crippen molar-refractivity contribution < 1.29 is 17.9 Å². The first-order valence-corrected chi connectivity index (χ1v) is 5.65. The van der Waals surface area contributed by atoms with Crippen molar-refractivity contribution in [3.8, 4) is 5.75 Å². The Morgan fingerprint density at radius 3 is 2.61 bits per heavy atom. The van der Waals surface area contributed by atoms with Crippen LogP contribution in [0.1, 0.15) is 5.69 Å². The van der Waals surface area contributed by atoms with Crippen LogP contribution in [0.3, 0.4) is 0 Å². The van der Waals surface area contributed by atoms with Gasteiger partial charge in [0.1, 0.15) is 5.75 Å². The molecule has 0 aliphatic rings. The van der Waals surface area contributed by atoms with Crippen molar-refractivity contribution in [1.29, 1.82) is 0 Å². The second kappa shape index (κ2) is 4.31. The van der Waals surface area contributed by atoms with E-state index in [1.165, 1.54) is 6.07 Å². The number of nitrogens with one attached hydrogen (secondary N) is 1. The lowest BCUT2D eigenvalue weighted by atomic mass is 10.2. The molecule has 1 aromatic heterocycles. The van der Waals surface area contributed by atoms with Gasteiger partial charge in [-0.2, -0.15) is 0 Å². The molecule has 1 N–H and O–H groups in total. The predicted molar refractivity (Wildman–Crippen MR) is 63.7 cm³/mol. The van der Waals surface area contributed by atoms with E-state index in [4.69, 9.17) is 0 Å². The van der Waals surface area contributed by atoms with Gasteiger partial charge in [-0.15, -0.1) is 13.2 Å². The van der Waals surface area contributed by atoms with Gasteiger partial charge in [0.25, 0.3) is 0 Å². The second-order valence-corrected chi connectivity index (χ2v) is 4.44. The number of hydrogen-bond donors (Lipinski definition) is 1. The average Bonchev–Trinajstić information content (AvgIpc) is 2.23. The second-order valence-electron chi connectivity index (χ2n) is 3.65. The van der Waals surface area contributed by atoms with Crippen LogP contribution in [0.15, 0.2) is 27.5 Å². The highest BCUT2D eigenvalue weighted by Gasteiger charge is 2.31. The van der Waals surface area contributed by atoms with E-state index in [2.05, 4.69) is 25.7 Å². The van der Waals surface area contributed by atoms with Crippen LogP contribution in [0.2, 0.25) is 0 Å². The van der Waals surface area contributed by atoms with Gasteiger partial charge in [0.2, 0.25) is 5.43 Å². The van der Waals surface area contributed by atoms with Crippen molar-refractivity contribution in [2.24, 2.45) is 0 Å². The van der Waals surface area contributed by atoms with E-state index in [1.54, 1.807) is 6.92 Å². The summed E-state index contributed by atoms with van der Waals surface area (Å²) in [5, 5.41) is 0.294. The Kier molecular flexibility index (Phi) is 3.10. The molecule has 2 aromatic rings. The van der Waals surface area contributed by atoms with Crippen molar-refractivity contribution in [2.45, 2.75) is 13.3 Å². The SMILES string of the molecule is Cc1[nH]c2cc(OC(F)(F)F)ccc2c(=O)c1Br. The van der Waals surface area contributed by atoms with E-state index in [1.807, 2.05) is 0 Å². The Morgan fingerprint density at radius 2 is 2.00 bits per heavy atom. The summed E-state index contributed by atoms with van der Waals surface area (Å²) in [5.41, 5.74) is 0.555. The fraction of sp³-hybridized carbons (Fsp3) is 0.182. The molecule has 0 aliphatic carbocycles. The molecule has 0 radical (unpaired) electrons. The number of aryl methyl sites for hydroxylation is 1. The number of benzene rings is 1. The summed E-state index contributed by atoms with van der Waals surface area (Å²) < 4.78 is 40.3. The number of ether oxygens (including phenoxy) is 1. The number of alkyl halides is 3. The van der Waals surface area contributed by atoms with Crippen LogP contribution in [0.4, 0.5) is 13.2 Å². The Balaban J connectivity index is 2.60. The number of fused-ring (bicyclic) bond motifs is 1. The summed E-state index contributed by atoms with van der Waals surface area (Å²) >= 11 is 3.11. The van der Waals surface area contributed by atoms with Gasteiger partial charge in [0, 0.05) is 17.1 Å². The lowest BCUT2D eigenvalue weighted by Gasteiger charge is -2.10. The Hall–Kier alpha value is -1.50. The summed E-state index contributed by atoms with van der Waals surface area (Å²) in [6, 6.07) is 3.54. The summed E-state index contributed by atoms with van der Waals surface area (Å²) in [5.74, 6) is -0.368. The maximum atomic E-state index is 12.1. The highest BCUT2D eigenvalue weighted by Crippen LogP contribution is 2.25. The topological polar surface area (TPSA) is 42.1 Å². The van der Waals surface area contributed by atoms with Crippen molar-refractivity contribution in [3.63, 3.8) is 0 Å². The van der Waals surface area contributed by atoms with E-state index in [0.717, 1.165) is 12.1 Å². The van der Waals surface area contributed by atoms with Crippen LogP contribution in [-0.4, -0.2) is 11.3 Å². The van der Waals surface area contributed by atoms with Crippen molar-refractivity contribution in [3.05, 3.63) is 38.6 Å². The fourth-order valence-electron chi connectivity index (χ4n) is 1.57. The molecule has 0 spiro atoms. The number of H-pyrrole nitrogens is 1. The van der Waals surface area contributed by atoms with E-state index < -0.39 is 6.36 Å². The molecule has 1 aromatic carbocycles. The minimum absolute atomic E-state index is 0.278. The van der Waals surface area contributed by atoms with Crippen LogP contribution >= 0.6 is 15.9 Å². The number of pyridine rings is 1. The molecule has 0 amide bonds. The predicted octanol–water partition coefficient (Wildman–Crippen LogP) is 3.50. The largest absolute Gasteiger partial charge is 0.573 e. The van der Waals surface area contributed by atoms with Crippen LogP contribution in [0.5, 0.6) is 5.75 Å². The summed E-state index contributed by atoms with van der Waals surface area (Å²) in [4.78, 5) is 14.6. The summed E-state index contributed by atoms with van der Waals surface area (Å²) in [6.45, 7) is 1.64. The van der Waals surface area contributed by atoms with E-state index in [9.17, 15) is 18.0 Å². The van der Waals surface area contributed by atoms with Gasteiger partial charge in [-0.25, -0.2) is 0 Å². The highest BCUT2D eigenvalue weighted by atomic mass is 79.9. The molecule has 1 heterocycles. The smallest absolute Gasteiger partial charge is 0.406 e. The highest BCUT2D eigenvalue weighted by molar-refractivity contribution is 9.10. The van der Waals surface area contributed by atoms with Crippen LogP contribution < -0.4 is 10.2 Å². The first kappa shape index (κ1) is 12.9. The van der Waals surface area contributed by atoms with Gasteiger partial charge in [0.05, 0.1) is 9.99 Å². The van der Waals surface area contributed by atoms with Crippen LogP contribution in [0.25, 0.3) is 10.9 Å². The molecule has 0 atom stereocenters. The molecular weight excluding hydrogens is 315 g/mol. The normalized spacial score (nSPS) is 11.8. The van der Waals surface area contributed by atoms with Crippen molar-refractivity contribution in [1.82, 2.24) is 4.98 Å². The van der Waals surface area contributed by atoms with Gasteiger partial charge in [-0.05, 0) is 35.0 Å². The fourth-order valence-corrected chi connectivity index (χ4v) is 1.88. The van der Waals surface area contributed by atoms with Gasteiger partial charge in [-0.3, -0.25) is 4.79 Å². The molecule has 0 fully saturated rings. The number of rotatable bonds is 1. The lowest BCUT2D eigenvalue weighted by Crippen LogP contribution is -2.17. The summed E-state index contributed by atoms with van der Waals surface area (Å²) in [6.07, 6.45) is -4.75. The van der Waals surface area contributed by atoms with Crippen LogP contribution in [0, 0.1) is 6.92 Å². The van der Waals surface area contributed by atoms with E-state index in [-0.39, 0.29) is 11.2 Å². The summed E-state index contributed by atoms with van der Waals surface area (Å²) in [7, 11) is 0. The molecule has 18 heavy (non-hydrogen) atoms. The first-order valence-electron chi connectivity index (χ1n) is 4.86. The monoisotopic (exact) mass is 321 g/mol. The third-order valence-electron chi connectivity index (χ3n) is 2.32. The van der Waals surface area contributed by atoms with Crippen molar-refractivity contribution >= 4 is 26.8 Å². The third-order valence-corrected chi connectivity index (χ3v) is 3.27. The van der Waals surface area contributed by atoms with Crippen LogP contribution in [-0.2, 0) is 0 Å². The van der Waals surface area contributed by atoms with Crippen molar-refractivity contribution in [2.75, 3.05) is 0 Å². The molecule has 7 heteroatoms. The molecule has 2 rings (SSSR count). The molecule has 0 unspecified atom stereocenters. The minimum Gasteiger partial charge on any atom is -0.406 e. The van der Waals surface area contributed by atoms with E-state index in [0.29, 0.717) is 21.1 Å². The van der Waals surface area contributed by atoms with E-state index >= 15 is 0 Å². The van der Waals surface area contributed by atoms with Gasteiger partial charge in [0.15, 0.2) is 0 Å². The number of aromatic amines is 1. The van der Waals surface area contributed by atoms with Gasteiger partial charge >= 0.3 is 6.36 Å². The molecule has 0 aliphatic heterocycles. The number of halogens is 4. The minimum atomic E-state index is -4.75. The molecule has 0 saturated carbocycles. The average molecular weight is 322 g/mol. The Labute approximate surface area is 108 Å². The quantitative estimate of drug-likeness (QED) is 0.873. The standard InChI is InChI=1S/C11H7BrF3NO2/c1-5-9(12)10(17)7-3-2-6(4-8(7)16-5)18-11(13,14)15/h2-4H,1H3,(H,16,17). The Bertz CT molecular complexity index is 664. The van der Waals surface area contributed by atoms with Gasteiger partial charge in [-0.1, -0.05) is 0 Å². The zero-order chi connectivity index (χ0) is 13.5. The number of hydrogen-bond acceptors (Lipinski definition) is 2.